The van der Waals surface area contributed by atoms with E-state index in [0.29, 0.717) is 11.1 Å². The van der Waals surface area contributed by atoms with E-state index in [1.165, 1.54) is 23.5 Å². The van der Waals surface area contributed by atoms with Gasteiger partial charge in [0.2, 0.25) is 0 Å². The molecule has 0 fully saturated rings. The highest BCUT2D eigenvalue weighted by molar-refractivity contribution is 8.00. The second-order valence-electron chi connectivity index (χ2n) is 4.87. The molecule has 0 N–H and O–H groups in total. The molecular formula is C20H12N2S2. The van der Waals surface area contributed by atoms with Crippen LogP contribution in [0.1, 0.15) is 11.1 Å². The second-order valence-corrected chi connectivity index (χ2v) is 7.10. The summed E-state index contributed by atoms with van der Waals surface area (Å²) in [4.78, 5) is 3.69. The van der Waals surface area contributed by atoms with Gasteiger partial charge in [-0.25, -0.2) is 0 Å². The number of rotatable bonds is 4. The van der Waals surface area contributed by atoms with Crippen molar-refractivity contribution in [3.8, 4) is 12.1 Å². The molecule has 0 aliphatic carbocycles. The third kappa shape index (κ3) is 3.63. The molecule has 3 aromatic rings. The lowest BCUT2D eigenvalue weighted by Crippen LogP contribution is -1.91. The van der Waals surface area contributed by atoms with Gasteiger partial charge in [-0.2, -0.15) is 10.5 Å². The standard InChI is InChI=1S/C20H12N2S2/c21-13-17-18(14-22)20(24-16-9-5-2-6-10-16)12-11-19(17)23-15-7-3-1-4-8-15/h1-12H. The van der Waals surface area contributed by atoms with E-state index in [2.05, 4.69) is 12.1 Å². The van der Waals surface area contributed by atoms with Crippen LogP contribution >= 0.6 is 23.5 Å². The highest BCUT2D eigenvalue weighted by Gasteiger charge is 2.15. The molecule has 3 aromatic carbocycles. The molecule has 0 saturated carbocycles. The van der Waals surface area contributed by atoms with E-state index in [1.54, 1.807) is 0 Å². The highest BCUT2D eigenvalue weighted by atomic mass is 32.2. The smallest absolute Gasteiger partial charge is 0.102 e. The summed E-state index contributed by atoms with van der Waals surface area (Å²) in [5, 5.41) is 19.2. The normalized spacial score (nSPS) is 9.92. The van der Waals surface area contributed by atoms with Crippen LogP contribution in [0.4, 0.5) is 0 Å². The molecule has 3 rings (SSSR count). The van der Waals surface area contributed by atoms with Crippen molar-refractivity contribution < 1.29 is 0 Å². The van der Waals surface area contributed by atoms with Gasteiger partial charge in [-0.1, -0.05) is 59.9 Å². The topological polar surface area (TPSA) is 47.6 Å². The minimum Gasteiger partial charge on any atom is -0.192 e. The lowest BCUT2D eigenvalue weighted by molar-refractivity contribution is 1.24. The SMILES string of the molecule is N#Cc1c(Sc2ccccc2)ccc(Sc2ccccc2)c1C#N. The molecule has 0 radical (unpaired) electrons. The Morgan fingerprint density at radius 1 is 0.542 bits per heavy atom. The third-order valence-electron chi connectivity index (χ3n) is 3.29. The average molecular weight is 344 g/mol. The van der Waals surface area contributed by atoms with Gasteiger partial charge in [0.15, 0.2) is 0 Å². The molecule has 0 bridgehead atoms. The van der Waals surface area contributed by atoms with Gasteiger partial charge in [-0.05, 0) is 36.4 Å². The second kappa shape index (κ2) is 7.75. The molecule has 0 heterocycles. The number of hydrogen-bond donors (Lipinski definition) is 0. The molecule has 0 unspecified atom stereocenters. The number of nitrogens with zero attached hydrogens (tertiary/aromatic N) is 2. The Labute approximate surface area is 149 Å². The van der Waals surface area contributed by atoms with Crippen molar-refractivity contribution in [1.29, 1.82) is 10.5 Å². The molecule has 0 aromatic heterocycles. The van der Waals surface area contributed by atoms with E-state index < -0.39 is 0 Å². The Morgan fingerprint density at radius 2 is 0.917 bits per heavy atom. The maximum Gasteiger partial charge on any atom is 0.102 e. The van der Waals surface area contributed by atoms with Gasteiger partial charge in [0.1, 0.15) is 12.1 Å². The van der Waals surface area contributed by atoms with Gasteiger partial charge in [-0.3, -0.25) is 0 Å². The predicted molar refractivity (Wildman–Crippen MR) is 97.0 cm³/mol. The summed E-state index contributed by atoms with van der Waals surface area (Å²) < 4.78 is 0. The van der Waals surface area contributed by atoms with Gasteiger partial charge >= 0.3 is 0 Å². The van der Waals surface area contributed by atoms with Crippen molar-refractivity contribution in [1.82, 2.24) is 0 Å². The summed E-state index contributed by atoms with van der Waals surface area (Å²) in [5.74, 6) is 0. The summed E-state index contributed by atoms with van der Waals surface area (Å²) in [6.07, 6.45) is 0. The van der Waals surface area contributed by atoms with Gasteiger partial charge in [0.05, 0.1) is 11.1 Å². The van der Waals surface area contributed by atoms with Crippen molar-refractivity contribution in [3.05, 3.63) is 83.9 Å². The largest absolute Gasteiger partial charge is 0.192 e. The molecule has 2 nitrogen and oxygen atoms in total. The van der Waals surface area contributed by atoms with Crippen LogP contribution in [0.5, 0.6) is 0 Å². The minimum absolute atomic E-state index is 0.437. The van der Waals surface area contributed by atoms with Gasteiger partial charge in [0.25, 0.3) is 0 Å². The molecule has 0 saturated heterocycles. The highest BCUT2D eigenvalue weighted by Crippen LogP contribution is 2.37. The first kappa shape index (κ1) is 16.2. The van der Waals surface area contributed by atoms with Crippen LogP contribution in [0.3, 0.4) is 0 Å². The Bertz CT molecular complexity index is 845. The molecule has 114 valence electrons. The van der Waals surface area contributed by atoms with Crippen LogP contribution in [0, 0.1) is 22.7 Å². The van der Waals surface area contributed by atoms with Crippen molar-refractivity contribution in [3.63, 3.8) is 0 Å². The van der Waals surface area contributed by atoms with Crippen LogP contribution in [-0.2, 0) is 0 Å². The Balaban J connectivity index is 1.99. The average Bonchev–Trinajstić information content (AvgIpc) is 2.64. The van der Waals surface area contributed by atoms with Crippen LogP contribution in [0.15, 0.2) is 92.4 Å². The molecule has 4 heteroatoms. The maximum atomic E-state index is 9.58. The summed E-state index contributed by atoms with van der Waals surface area (Å²) in [6, 6.07) is 27.9. The van der Waals surface area contributed by atoms with E-state index in [4.69, 9.17) is 0 Å². The zero-order valence-corrected chi connectivity index (χ0v) is 14.3. The first-order valence-corrected chi connectivity index (χ1v) is 8.88. The Hall–Kier alpha value is -2.66. The van der Waals surface area contributed by atoms with E-state index in [-0.39, 0.29) is 0 Å². The van der Waals surface area contributed by atoms with Crippen molar-refractivity contribution in [2.24, 2.45) is 0 Å². The molecule has 0 atom stereocenters. The summed E-state index contributed by atoms with van der Waals surface area (Å²) in [6.45, 7) is 0. The van der Waals surface area contributed by atoms with Crippen molar-refractivity contribution in [2.75, 3.05) is 0 Å². The number of hydrogen-bond acceptors (Lipinski definition) is 4. The van der Waals surface area contributed by atoms with Crippen LogP contribution in [0.2, 0.25) is 0 Å². The fourth-order valence-corrected chi connectivity index (χ4v) is 4.05. The van der Waals surface area contributed by atoms with Gasteiger partial charge < -0.3 is 0 Å². The van der Waals surface area contributed by atoms with Gasteiger partial charge in [-0.15, -0.1) is 0 Å². The van der Waals surface area contributed by atoms with E-state index >= 15 is 0 Å². The zero-order chi connectivity index (χ0) is 16.8. The summed E-state index contributed by atoms with van der Waals surface area (Å²) in [5.41, 5.74) is 0.875. The molecular weight excluding hydrogens is 332 g/mol. The lowest BCUT2D eigenvalue weighted by atomic mass is 10.1. The molecule has 0 amide bonds. The molecule has 24 heavy (non-hydrogen) atoms. The van der Waals surface area contributed by atoms with Crippen LogP contribution in [-0.4, -0.2) is 0 Å². The minimum atomic E-state index is 0.437. The lowest BCUT2D eigenvalue weighted by Gasteiger charge is -2.10. The Kier molecular flexibility index (Phi) is 5.23. The molecule has 0 spiro atoms. The van der Waals surface area contributed by atoms with Crippen LogP contribution < -0.4 is 0 Å². The maximum absolute atomic E-state index is 9.58. The first-order valence-electron chi connectivity index (χ1n) is 7.25. The van der Waals surface area contributed by atoms with E-state index in [0.717, 1.165) is 19.6 Å². The number of nitriles is 2. The van der Waals surface area contributed by atoms with E-state index in [1.807, 2.05) is 72.8 Å². The monoisotopic (exact) mass is 344 g/mol. The zero-order valence-electron chi connectivity index (χ0n) is 12.6. The molecule has 0 aliphatic rings. The molecule has 0 aliphatic heterocycles. The van der Waals surface area contributed by atoms with E-state index in [9.17, 15) is 10.5 Å². The van der Waals surface area contributed by atoms with Crippen LogP contribution in [0.25, 0.3) is 0 Å². The summed E-state index contributed by atoms with van der Waals surface area (Å²) in [7, 11) is 0. The fraction of sp³-hybridized carbons (Fsp3) is 0. The quantitative estimate of drug-likeness (QED) is 0.606. The fourth-order valence-electron chi connectivity index (χ4n) is 2.19. The predicted octanol–water partition coefficient (Wildman–Crippen LogP) is 5.73. The third-order valence-corrected chi connectivity index (χ3v) is 5.43. The van der Waals surface area contributed by atoms with Crippen molar-refractivity contribution >= 4 is 23.5 Å². The number of benzene rings is 3. The Morgan fingerprint density at radius 3 is 1.25 bits per heavy atom. The van der Waals surface area contributed by atoms with Gasteiger partial charge in [0, 0.05) is 19.6 Å². The summed E-state index contributed by atoms with van der Waals surface area (Å²) >= 11 is 3.00. The first-order chi connectivity index (χ1) is 11.8. The van der Waals surface area contributed by atoms with Crippen molar-refractivity contribution in [2.45, 2.75) is 19.6 Å².